The summed E-state index contributed by atoms with van der Waals surface area (Å²) in [6.07, 6.45) is 1.86. The van der Waals surface area contributed by atoms with E-state index in [4.69, 9.17) is 23.2 Å². The average molecular weight is 528 g/mol. The summed E-state index contributed by atoms with van der Waals surface area (Å²) >= 11 is 12.3. The number of likely N-dealkylation sites (N-methyl/N-ethyl adjacent to an activating group) is 1. The molecule has 0 radical (unpaired) electrons. The number of nitrogens with zero attached hydrogens (tertiary/aromatic N) is 4. The molecule has 0 aliphatic carbocycles. The number of carbonyl (C=O) groups is 3. The van der Waals surface area contributed by atoms with Crippen LogP contribution >= 0.6 is 23.2 Å². The number of amides is 4. The lowest BCUT2D eigenvalue weighted by Gasteiger charge is -2.34. The topological polar surface area (TPSA) is 96.7 Å². The molecule has 36 heavy (non-hydrogen) atoms. The number of benzene rings is 2. The van der Waals surface area contributed by atoms with Crippen LogP contribution < -0.4 is 10.2 Å². The Morgan fingerprint density at radius 3 is 2.44 bits per heavy atom. The van der Waals surface area contributed by atoms with Gasteiger partial charge in [-0.15, -0.1) is 0 Å². The van der Waals surface area contributed by atoms with Crippen molar-refractivity contribution in [3.05, 3.63) is 63.6 Å². The number of hydrogen-bond acceptors (Lipinski definition) is 5. The van der Waals surface area contributed by atoms with Crippen molar-refractivity contribution in [3.63, 3.8) is 0 Å². The van der Waals surface area contributed by atoms with E-state index in [0.717, 1.165) is 23.3 Å². The normalized spacial score (nSPS) is 21.9. The summed E-state index contributed by atoms with van der Waals surface area (Å²) in [6.45, 7) is 3.33. The molecule has 0 unspecified atom stereocenters. The van der Waals surface area contributed by atoms with E-state index < -0.39 is 23.4 Å². The Bertz CT molecular complexity index is 1210. The molecule has 1 N–H and O–H groups in total. The Balaban J connectivity index is 1.72. The van der Waals surface area contributed by atoms with E-state index in [1.807, 2.05) is 4.90 Å². The van der Waals surface area contributed by atoms with Crippen molar-refractivity contribution >= 4 is 46.7 Å². The van der Waals surface area contributed by atoms with E-state index in [-0.39, 0.29) is 19.0 Å². The SMILES string of the molecule is CCCCNC(=O)CN1C[C@@H](c2ccc(C#N)cc2)[C@]2(C1)C(=O)N(c1cc(Cl)cc(Cl)c1)C(=O)N2C. The number of likely N-dealkylation sites (tertiary alicyclic amines) is 1. The predicted octanol–water partition coefficient (Wildman–Crippen LogP) is 4.02. The fourth-order valence-corrected chi connectivity index (χ4v) is 5.59. The molecule has 4 rings (SSSR count). The molecule has 2 aromatic carbocycles. The monoisotopic (exact) mass is 527 g/mol. The van der Waals surface area contributed by atoms with Gasteiger partial charge in [-0.05, 0) is 42.3 Å². The molecule has 2 aromatic rings. The molecular weight excluding hydrogens is 501 g/mol. The number of carbonyl (C=O) groups excluding carboxylic acids is 3. The number of anilines is 1. The van der Waals surface area contributed by atoms with Crippen molar-refractivity contribution in [2.45, 2.75) is 31.2 Å². The van der Waals surface area contributed by atoms with Gasteiger partial charge in [0.25, 0.3) is 5.91 Å². The molecule has 8 nitrogen and oxygen atoms in total. The van der Waals surface area contributed by atoms with Crippen LogP contribution in [0.5, 0.6) is 0 Å². The fourth-order valence-electron chi connectivity index (χ4n) is 5.08. The number of nitriles is 1. The van der Waals surface area contributed by atoms with Crippen LogP contribution in [-0.4, -0.2) is 66.4 Å². The maximum Gasteiger partial charge on any atom is 0.332 e. The van der Waals surface area contributed by atoms with Gasteiger partial charge in [0.1, 0.15) is 5.54 Å². The Labute approximate surface area is 220 Å². The molecule has 0 saturated carbocycles. The Morgan fingerprint density at radius 2 is 1.83 bits per heavy atom. The zero-order chi connectivity index (χ0) is 26.0. The van der Waals surface area contributed by atoms with E-state index in [2.05, 4.69) is 18.3 Å². The van der Waals surface area contributed by atoms with Crippen molar-refractivity contribution in [2.24, 2.45) is 0 Å². The van der Waals surface area contributed by atoms with E-state index in [9.17, 15) is 19.6 Å². The smallest absolute Gasteiger partial charge is 0.332 e. The lowest BCUT2D eigenvalue weighted by Crippen LogP contribution is -2.54. The highest BCUT2D eigenvalue weighted by molar-refractivity contribution is 6.35. The minimum Gasteiger partial charge on any atom is -0.355 e. The molecule has 2 aliphatic heterocycles. The quantitative estimate of drug-likeness (QED) is 0.433. The average Bonchev–Trinajstić information content (AvgIpc) is 3.30. The highest BCUT2D eigenvalue weighted by Gasteiger charge is 2.64. The first kappa shape index (κ1) is 26.0. The number of imide groups is 1. The largest absolute Gasteiger partial charge is 0.355 e. The lowest BCUT2D eigenvalue weighted by molar-refractivity contribution is -0.125. The molecule has 188 valence electrons. The number of halogens is 2. The van der Waals surface area contributed by atoms with Crippen LogP contribution in [0.15, 0.2) is 42.5 Å². The molecule has 2 saturated heterocycles. The first-order chi connectivity index (χ1) is 17.2. The first-order valence-electron chi connectivity index (χ1n) is 11.8. The molecule has 2 atom stereocenters. The first-order valence-corrected chi connectivity index (χ1v) is 12.5. The number of urea groups is 1. The second kappa shape index (κ2) is 10.5. The van der Waals surface area contributed by atoms with Gasteiger partial charge in [-0.3, -0.25) is 14.5 Å². The third-order valence-corrected chi connectivity index (χ3v) is 7.34. The van der Waals surface area contributed by atoms with Gasteiger partial charge < -0.3 is 10.2 Å². The molecule has 4 amide bonds. The summed E-state index contributed by atoms with van der Waals surface area (Å²) in [5, 5.41) is 12.7. The van der Waals surface area contributed by atoms with Crippen LogP contribution in [0.3, 0.4) is 0 Å². The lowest BCUT2D eigenvalue weighted by atomic mass is 9.80. The van der Waals surface area contributed by atoms with Crippen LogP contribution in [0, 0.1) is 11.3 Å². The minimum atomic E-state index is -1.25. The molecular formula is C26H27Cl2N5O3. The van der Waals surface area contributed by atoms with Gasteiger partial charge in [0.15, 0.2) is 0 Å². The van der Waals surface area contributed by atoms with Gasteiger partial charge in [-0.1, -0.05) is 48.7 Å². The summed E-state index contributed by atoms with van der Waals surface area (Å²) in [6, 6.07) is 13.2. The third kappa shape index (κ3) is 4.66. The molecule has 2 fully saturated rings. The van der Waals surface area contributed by atoms with E-state index in [1.165, 1.54) is 23.1 Å². The molecule has 0 aromatic heterocycles. The fraction of sp³-hybridized carbons (Fsp3) is 0.385. The standard InChI is InChI=1S/C26H27Cl2N5O3/c1-3-4-9-30-23(34)15-32-14-22(18-7-5-17(13-29)6-8-18)26(16-32)24(35)33(25(36)31(26)2)21-11-19(27)10-20(28)12-21/h5-8,10-12,22H,3-4,9,14-16H2,1-2H3,(H,30,34)/t22-,26+/m0/s1. The second-order valence-corrected chi connectivity index (χ2v) is 10.1. The molecule has 2 aliphatic rings. The molecule has 2 heterocycles. The summed E-state index contributed by atoms with van der Waals surface area (Å²) in [7, 11) is 1.61. The molecule has 0 bridgehead atoms. The Morgan fingerprint density at radius 1 is 1.17 bits per heavy atom. The number of rotatable bonds is 7. The second-order valence-electron chi connectivity index (χ2n) is 9.19. The van der Waals surface area contributed by atoms with Gasteiger partial charge in [-0.2, -0.15) is 5.26 Å². The van der Waals surface area contributed by atoms with Crippen molar-refractivity contribution < 1.29 is 14.4 Å². The zero-order valence-electron chi connectivity index (χ0n) is 20.1. The van der Waals surface area contributed by atoms with Crippen LogP contribution in [-0.2, 0) is 9.59 Å². The van der Waals surface area contributed by atoms with E-state index in [0.29, 0.717) is 34.4 Å². The van der Waals surface area contributed by atoms with Crippen molar-refractivity contribution in [1.29, 1.82) is 5.26 Å². The van der Waals surface area contributed by atoms with Gasteiger partial charge in [0.05, 0.1) is 23.9 Å². The Hall–Kier alpha value is -3.12. The molecule has 1 spiro atoms. The Kier molecular flexibility index (Phi) is 7.55. The van der Waals surface area contributed by atoms with Crippen molar-refractivity contribution in [2.75, 3.05) is 38.1 Å². The highest BCUT2D eigenvalue weighted by Crippen LogP contribution is 2.46. The number of nitrogens with one attached hydrogen (secondary N) is 1. The summed E-state index contributed by atoms with van der Waals surface area (Å²) in [5.74, 6) is -0.955. The third-order valence-electron chi connectivity index (χ3n) is 6.90. The molecule has 10 heteroatoms. The maximum absolute atomic E-state index is 14.1. The highest BCUT2D eigenvalue weighted by atomic mass is 35.5. The summed E-state index contributed by atoms with van der Waals surface area (Å²) in [4.78, 5) is 44.7. The maximum atomic E-state index is 14.1. The number of unbranched alkanes of at least 4 members (excludes halogenated alkanes) is 1. The minimum absolute atomic E-state index is 0.108. The van der Waals surface area contributed by atoms with Gasteiger partial charge in [-0.25, -0.2) is 9.69 Å². The summed E-state index contributed by atoms with van der Waals surface area (Å²) in [5.41, 5.74) is 0.349. The zero-order valence-corrected chi connectivity index (χ0v) is 21.6. The van der Waals surface area contributed by atoms with Gasteiger partial charge in [0.2, 0.25) is 5.91 Å². The van der Waals surface area contributed by atoms with Crippen LogP contribution in [0.4, 0.5) is 10.5 Å². The number of hydrogen-bond donors (Lipinski definition) is 1. The summed E-state index contributed by atoms with van der Waals surface area (Å²) < 4.78 is 0. The van der Waals surface area contributed by atoms with Crippen LogP contribution in [0.25, 0.3) is 0 Å². The van der Waals surface area contributed by atoms with Gasteiger partial charge in [0, 0.05) is 42.6 Å². The van der Waals surface area contributed by atoms with Gasteiger partial charge >= 0.3 is 6.03 Å². The van der Waals surface area contributed by atoms with E-state index >= 15 is 0 Å². The van der Waals surface area contributed by atoms with Crippen LogP contribution in [0.2, 0.25) is 10.0 Å². The van der Waals surface area contributed by atoms with E-state index in [1.54, 1.807) is 31.3 Å². The predicted molar refractivity (Wildman–Crippen MR) is 138 cm³/mol. The van der Waals surface area contributed by atoms with Crippen molar-refractivity contribution in [3.8, 4) is 6.07 Å². The van der Waals surface area contributed by atoms with Crippen molar-refractivity contribution in [1.82, 2.24) is 15.1 Å². The van der Waals surface area contributed by atoms with Crippen LogP contribution in [0.1, 0.15) is 36.8 Å².